The van der Waals surface area contributed by atoms with Crippen LogP contribution in [-0.2, 0) is 9.59 Å². The molecule has 4 amide bonds. The molecule has 0 bridgehead atoms. The van der Waals surface area contributed by atoms with E-state index in [1.54, 1.807) is 23.1 Å². The smallest absolute Gasteiger partial charge is 0.321 e. The summed E-state index contributed by atoms with van der Waals surface area (Å²) >= 11 is 0. The van der Waals surface area contributed by atoms with Gasteiger partial charge in [0.05, 0.1) is 12.8 Å². The molecule has 0 aromatic heterocycles. The Kier molecular flexibility index (Phi) is 6.90. The van der Waals surface area contributed by atoms with Crippen molar-refractivity contribution in [3.63, 3.8) is 0 Å². The van der Waals surface area contributed by atoms with E-state index in [1.165, 1.54) is 14.0 Å². The molecule has 3 N–H and O–H groups in total. The number of nitrogens with one attached hydrogen (secondary N) is 3. The third-order valence-electron chi connectivity index (χ3n) is 4.96. The highest BCUT2D eigenvalue weighted by atomic mass is 16.5. The van der Waals surface area contributed by atoms with Crippen LogP contribution >= 0.6 is 0 Å². The Bertz CT molecular complexity index is 909. The number of nitrogens with zero attached hydrogens (tertiary/aromatic N) is 1. The molecule has 0 radical (unpaired) electrons. The minimum absolute atomic E-state index is 0.128. The number of hydrogen-bond donors (Lipinski definition) is 3. The third kappa shape index (κ3) is 5.50. The van der Waals surface area contributed by atoms with Gasteiger partial charge in [0.25, 0.3) is 0 Å². The average Bonchev–Trinajstić information content (AvgIpc) is 2.74. The van der Waals surface area contributed by atoms with Crippen molar-refractivity contribution < 1.29 is 19.1 Å². The van der Waals surface area contributed by atoms with E-state index >= 15 is 0 Å². The van der Waals surface area contributed by atoms with Gasteiger partial charge < -0.3 is 25.6 Å². The number of rotatable bonds is 5. The molecular weight excluding hydrogens is 384 g/mol. The Morgan fingerprint density at radius 3 is 2.27 bits per heavy atom. The number of anilines is 3. The van der Waals surface area contributed by atoms with Gasteiger partial charge in [-0.05, 0) is 43.2 Å². The maximum absolute atomic E-state index is 12.8. The highest BCUT2D eigenvalue weighted by molar-refractivity contribution is 5.96. The van der Waals surface area contributed by atoms with Crippen molar-refractivity contribution in [3.8, 4) is 5.75 Å². The van der Waals surface area contributed by atoms with Gasteiger partial charge in [-0.1, -0.05) is 18.2 Å². The second-order valence-corrected chi connectivity index (χ2v) is 7.14. The van der Waals surface area contributed by atoms with Crippen molar-refractivity contribution >= 4 is 34.9 Å². The number of carbonyl (C=O) groups excluding carboxylic acids is 3. The molecule has 0 atom stereocenters. The van der Waals surface area contributed by atoms with Gasteiger partial charge >= 0.3 is 6.03 Å². The summed E-state index contributed by atoms with van der Waals surface area (Å²) in [5.74, 6) is -0.0213. The van der Waals surface area contributed by atoms with Crippen LogP contribution in [0.3, 0.4) is 0 Å². The SMILES string of the molecule is COc1ccc(NC(C)=O)cc1NC(=O)C1CCN(C(=O)Nc2ccccc2)CC1. The average molecular weight is 410 g/mol. The van der Waals surface area contributed by atoms with E-state index in [9.17, 15) is 14.4 Å². The predicted molar refractivity (Wildman–Crippen MR) is 116 cm³/mol. The standard InChI is InChI=1S/C22H26N4O4/c1-15(27)23-18-8-9-20(30-2)19(14-18)25-21(28)16-10-12-26(13-11-16)22(29)24-17-6-4-3-5-7-17/h3-9,14,16H,10-13H2,1-2H3,(H,23,27)(H,24,29)(H,25,28). The van der Waals surface area contributed by atoms with E-state index in [4.69, 9.17) is 4.74 Å². The molecule has 0 spiro atoms. The second-order valence-electron chi connectivity index (χ2n) is 7.14. The lowest BCUT2D eigenvalue weighted by Crippen LogP contribution is -2.43. The molecule has 0 unspecified atom stereocenters. The summed E-state index contributed by atoms with van der Waals surface area (Å²) < 4.78 is 5.31. The van der Waals surface area contributed by atoms with Crippen LogP contribution in [0.4, 0.5) is 21.9 Å². The van der Waals surface area contributed by atoms with Crippen molar-refractivity contribution in [2.45, 2.75) is 19.8 Å². The van der Waals surface area contributed by atoms with Crippen LogP contribution in [0.15, 0.2) is 48.5 Å². The Balaban J connectivity index is 1.56. The quantitative estimate of drug-likeness (QED) is 0.702. The molecule has 1 aliphatic rings. The lowest BCUT2D eigenvalue weighted by Gasteiger charge is -2.31. The molecule has 1 heterocycles. The number of hydrogen-bond acceptors (Lipinski definition) is 4. The molecule has 3 rings (SSSR count). The molecule has 0 aliphatic carbocycles. The third-order valence-corrected chi connectivity index (χ3v) is 4.96. The minimum Gasteiger partial charge on any atom is -0.495 e. The molecule has 8 heteroatoms. The van der Waals surface area contributed by atoms with Crippen LogP contribution in [0.5, 0.6) is 5.75 Å². The summed E-state index contributed by atoms with van der Waals surface area (Å²) in [5.41, 5.74) is 1.82. The lowest BCUT2D eigenvalue weighted by atomic mass is 9.96. The summed E-state index contributed by atoms with van der Waals surface area (Å²) in [6, 6.07) is 14.2. The van der Waals surface area contributed by atoms with Gasteiger partial charge in [-0.15, -0.1) is 0 Å². The molecule has 1 fully saturated rings. The van der Waals surface area contributed by atoms with Crippen LogP contribution in [0.1, 0.15) is 19.8 Å². The van der Waals surface area contributed by atoms with E-state index < -0.39 is 0 Å². The van der Waals surface area contributed by atoms with E-state index in [1.807, 2.05) is 30.3 Å². The second kappa shape index (κ2) is 9.78. The largest absolute Gasteiger partial charge is 0.495 e. The number of para-hydroxylation sites is 1. The molecule has 1 saturated heterocycles. The monoisotopic (exact) mass is 410 g/mol. The fourth-order valence-electron chi connectivity index (χ4n) is 3.39. The van der Waals surface area contributed by atoms with Crippen molar-refractivity contribution in [1.29, 1.82) is 0 Å². The van der Waals surface area contributed by atoms with Crippen molar-refractivity contribution in [2.75, 3.05) is 36.1 Å². The number of methoxy groups -OCH3 is 1. The topological polar surface area (TPSA) is 99.8 Å². The number of benzene rings is 2. The summed E-state index contributed by atoms with van der Waals surface area (Å²) in [6.45, 7) is 2.42. The molecule has 158 valence electrons. The first-order chi connectivity index (χ1) is 14.5. The zero-order chi connectivity index (χ0) is 21.5. The minimum atomic E-state index is -0.208. The van der Waals surface area contributed by atoms with Crippen LogP contribution in [0.2, 0.25) is 0 Å². The van der Waals surface area contributed by atoms with Gasteiger partial charge in [0.2, 0.25) is 11.8 Å². The van der Waals surface area contributed by atoms with E-state index in [0.29, 0.717) is 43.1 Å². The van der Waals surface area contributed by atoms with Gasteiger partial charge in [0.1, 0.15) is 5.75 Å². The first-order valence-corrected chi connectivity index (χ1v) is 9.83. The number of likely N-dealkylation sites (tertiary alicyclic amines) is 1. The first kappa shape index (κ1) is 21.2. The Hall–Kier alpha value is -3.55. The van der Waals surface area contributed by atoms with Crippen LogP contribution in [0.25, 0.3) is 0 Å². The fourth-order valence-corrected chi connectivity index (χ4v) is 3.39. The molecule has 1 aliphatic heterocycles. The predicted octanol–water partition coefficient (Wildman–Crippen LogP) is 3.54. The van der Waals surface area contributed by atoms with Crippen molar-refractivity contribution in [2.24, 2.45) is 5.92 Å². The van der Waals surface area contributed by atoms with E-state index in [2.05, 4.69) is 16.0 Å². The molecule has 8 nitrogen and oxygen atoms in total. The molecule has 0 saturated carbocycles. The van der Waals surface area contributed by atoms with Gasteiger partial charge in [-0.25, -0.2) is 4.79 Å². The normalized spacial score (nSPS) is 14.0. The molecule has 30 heavy (non-hydrogen) atoms. The highest BCUT2D eigenvalue weighted by Gasteiger charge is 2.28. The summed E-state index contributed by atoms with van der Waals surface area (Å²) in [4.78, 5) is 38.2. The first-order valence-electron chi connectivity index (χ1n) is 9.83. The molecular formula is C22H26N4O4. The van der Waals surface area contributed by atoms with Crippen LogP contribution in [0, 0.1) is 5.92 Å². The van der Waals surface area contributed by atoms with Gasteiger partial charge in [-0.3, -0.25) is 9.59 Å². The van der Waals surface area contributed by atoms with Gasteiger partial charge in [-0.2, -0.15) is 0 Å². The van der Waals surface area contributed by atoms with E-state index in [-0.39, 0.29) is 23.8 Å². The Labute approximate surface area is 175 Å². The summed E-state index contributed by atoms with van der Waals surface area (Å²) in [6.07, 6.45) is 1.14. The summed E-state index contributed by atoms with van der Waals surface area (Å²) in [7, 11) is 1.52. The summed E-state index contributed by atoms with van der Waals surface area (Å²) in [5, 5.41) is 8.45. The van der Waals surface area contributed by atoms with Gasteiger partial charge in [0, 0.05) is 37.3 Å². The zero-order valence-electron chi connectivity index (χ0n) is 17.1. The fraction of sp³-hybridized carbons (Fsp3) is 0.318. The zero-order valence-corrected chi connectivity index (χ0v) is 17.1. The van der Waals surface area contributed by atoms with Gasteiger partial charge in [0.15, 0.2) is 0 Å². The number of urea groups is 1. The van der Waals surface area contributed by atoms with E-state index in [0.717, 1.165) is 5.69 Å². The number of ether oxygens (including phenoxy) is 1. The van der Waals surface area contributed by atoms with Crippen molar-refractivity contribution in [3.05, 3.63) is 48.5 Å². The van der Waals surface area contributed by atoms with Crippen LogP contribution < -0.4 is 20.7 Å². The maximum atomic E-state index is 12.8. The molecule has 2 aromatic rings. The lowest BCUT2D eigenvalue weighted by molar-refractivity contribution is -0.121. The Morgan fingerprint density at radius 2 is 1.63 bits per heavy atom. The maximum Gasteiger partial charge on any atom is 0.321 e. The highest BCUT2D eigenvalue weighted by Crippen LogP contribution is 2.29. The number of piperidine rings is 1. The molecule has 2 aromatic carbocycles. The number of carbonyl (C=O) groups is 3. The number of amides is 4. The van der Waals surface area contributed by atoms with Crippen molar-refractivity contribution in [1.82, 2.24) is 4.90 Å². The van der Waals surface area contributed by atoms with Crippen LogP contribution in [-0.4, -0.2) is 42.9 Å². The Morgan fingerprint density at radius 1 is 0.933 bits per heavy atom.